The third-order valence-electron chi connectivity index (χ3n) is 4.58. The van der Waals surface area contributed by atoms with E-state index in [2.05, 4.69) is 0 Å². The summed E-state index contributed by atoms with van der Waals surface area (Å²) < 4.78 is 34.4. The molecule has 1 amide bonds. The van der Waals surface area contributed by atoms with Gasteiger partial charge in [-0.3, -0.25) is 9.10 Å². The number of Topliss-reactive ketones (excluding diaryl/α,β-unsaturated/α-hetero) is 1. The maximum atomic E-state index is 13.3. The standard InChI is InChI=1S/C22H27N3O5S/c1-22(2,3)30-21(27)23(4)16-18(26)14-15-24-19-12-8-9-13-20(19)25(31(24,28)29)17-10-6-5-7-11-17/h5-13H,14-16H2,1-4H3. The molecule has 0 saturated heterocycles. The number of anilines is 3. The van der Waals surface area contributed by atoms with Gasteiger partial charge in [-0.05, 0) is 45.0 Å². The molecule has 1 heterocycles. The Morgan fingerprint density at radius 3 is 2.16 bits per heavy atom. The number of likely N-dealkylation sites (N-methyl/N-ethyl adjacent to an activating group) is 1. The van der Waals surface area contributed by atoms with Crippen LogP contribution in [0.15, 0.2) is 54.6 Å². The lowest BCUT2D eigenvalue weighted by molar-refractivity contribution is -0.119. The SMILES string of the molecule is CN(CC(=O)CCN1c2ccccc2N(c2ccccc2)S1(=O)=O)C(=O)OC(C)(C)C. The molecule has 0 aliphatic carbocycles. The maximum absolute atomic E-state index is 13.3. The van der Waals surface area contributed by atoms with Gasteiger partial charge in [0.25, 0.3) is 0 Å². The van der Waals surface area contributed by atoms with Gasteiger partial charge in [0.2, 0.25) is 0 Å². The summed E-state index contributed by atoms with van der Waals surface area (Å²) in [6.07, 6.45) is -0.640. The second-order valence-electron chi connectivity index (χ2n) is 8.29. The first-order chi connectivity index (χ1) is 14.5. The van der Waals surface area contributed by atoms with Crippen molar-refractivity contribution in [1.82, 2.24) is 4.90 Å². The van der Waals surface area contributed by atoms with Crippen molar-refractivity contribution < 1.29 is 22.7 Å². The third kappa shape index (κ3) is 4.99. The van der Waals surface area contributed by atoms with Gasteiger partial charge in [-0.2, -0.15) is 8.42 Å². The average molecular weight is 446 g/mol. The Morgan fingerprint density at radius 1 is 0.968 bits per heavy atom. The topological polar surface area (TPSA) is 87.2 Å². The Kier molecular flexibility index (Phi) is 6.26. The molecule has 166 valence electrons. The van der Waals surface area contributed by atoms with Crippen LogP contribution in [0.3, 0.4) is 0 Å². The van der Waals surface area contributed by atoms with E-state index < -0.39 is 21.9 Å². The van der Waals surface area contributed by atoms with E-state index in [0.29, 0.717) is 17.1 Å². The molecule has 0 aromatic heterocycles. The molecule has 3 rings (SSSR count). The number of carbonyl (C=O) groups is 2. The molecular weight excluding hydrogens is 418 g/mol. The van der Waals surface area contributed by atoms with E-state index in [1.165, 1.54) is 20.6 Å². The number of ether oxygens (including phenoxy) is 1. The van der Waals surface area contributed by atoms with Gasteiger partial charge in [-0.1, -0.05) is 30.3 Å². The van der Waals surface area contributed by atoms with Crippen molar-refractivity contribution in [1.29, 1.82) is 0 Å². The molecular formula is C22H27N3O5S. The summed E-state index contributed by atoms with van der Waals surface area (Å²) >= 11 is 0. The smallest absolute Gasteiger partial charge is 0.410 e. The van der Waals surface area contributed by atoms with E-state index in [-0.39, 0.29) is 25.3 Å². The fraction of sp³-hybridized carbons (Fsp3) is 0.364. The highest BCUT2D eigenvalue weighted by Crippen LogP contribution is 2.44. The van der Waals surface area contributed by atoms with Crippen LogP contribution in [-0.4, -0.2) is 50.9 Å². The first-order valence-electron chi connectivity index (χ1n) is 9.93. The number of benzene rings is 2. The lowest BCUT2D eigenvalue weighted by Gasteiger charge is -2.24. The van der Waals surface area contributed by atoms with Crippen molar-refractivity contribution >= 4 is 39.1 Å². The number of para-hydroxylation sites is 3. The fourth-order valence-corrected chi connectivity index (χ4v) is 4.95. The zero-order valence-corrected chi connectivity index (χ0v) is 18.9. The van der Waals surface area contributed by atoms with Crippen LogP contribution >= 0.6 is 0 Å². The molecule has 2 aromatic carbocycles. The summed E-state index contributed by atoms with van der Waals surface area (Å²) in [5.74, 6) is -0.265. The van der Waals surface area contributed by atoms with E-state index >= 15 is 0 Å². The minimum atomic E-state index is -3.90. The van der Waals surface area contributed by atoms with Crippen molar-refractivity contribution in [3.8, 4) is 0 Å². The fourth-order valence-electron chi connectivity index (χ4n) is 3.24. The molecule has 0 radical (unpaired) electrons. The third-order valence-corrected chi connectivity index (χ3v) is 6.39. The predicted molar refractivity (Wildman–Crippen MR) is 120 cm³/mol. The van der Waals surface area contributed by atoms with E-state index in [9.17, 15) is 18.0 Å². The van der Waals surface area contributed by atoms with E-state index in [1.807, 2.05) is 6.07 Å². The Morgan fingerprint density at radius 2 is 1.55 bits per heavy atom. The molecule has 0 fully saturated rings. The Labute approximate surface area is 183 Å². The minimum absolute atomic E-state index is 0.0241. The van der Waals surface area contributed by atoms with Gasteiger partial charge in [0.15, 0.2) is 5.78 Å². The molecule has 1 aliphatic heterocycles. The molecule has 0 spiro atoms. The van der Waals surface area contributed by atoms with Gasteiger partial charge in [-0.15, -0.1) is 0 Å². The summed E-state index contributed by atoms with van der Waals surface area (Å²) in [5, 5.41) is 0. The molecule has 8 nitrogen and oxygen atoms in total. The molecule has 1 aliphatic rings. The number of rotatable bonds is 6. The molecule has 31 heavy (non-hydrogen) atoms. The van der Waals surface area contributed by atoms with Crippen LogP contribution in [-0.2, 0) is 19.7 Å². The van der Waals surface area contributed by atoms with Crippen LogP contribution < -0.4 is 8.61 Å². The van der Waals surface area contributed by atoms with E-state index in [4.69, 9.17) is 4.74 Å². The monoisotopic (exact) mass is 445 g/mol. The van der Waals surface area contributed by atoms with Crippen LogP contribution in [0.5, 0.6) is 0 Å². The van der Waals surface area contributed by atoms with Crippen molar-refractivity contribution in [2.75, 3.05) is 28.7 Å². The number of hydrogen-bond acceptors (Lipinski definition) is 5. The van der Waals surface area contributed by atoms with Crippen LogP contribution in [0.1, 0.15) is 27.2 Å². The largest absolute Gasteiger partial charge is 0.444 e. The molecule has 0 bridgehead atoms. The van der Waals surface area contributed by atoms with Crippen molar-refractivity contribution in [2.45, 2.75) is 32.8 Å². The molecule has 0 unspecified atom stereocenters. The first-order valence-corrected chi connectivity index (χ1v) is 11.3. The van der Waals surface area contributed by atoms with Gasteiger partial charge < -0.3 is 9.64 Å². The summed E-state index contributed by atoms with van der Waals surface area (Å²) in [6.45, 7) is 5.05. The summed E-state index contributed by atoms with van der Waals surface area (Å²) in [6, 6.07) is 15.8. The van der Waals surface area contributed by atoms with Crippen LogP contribution in [0, 0.1) is 0 Å². The minimum Gasteiger partial charge on any atom is -0.444 e. The van der Waals surface area contributed by atoms with Gasteiger partial charge in [-0.25, -0.2) is 9.10 Å². The highest BCUT2D eigenvalue weighted by atomic mass is 32.2. The Balaban J connectivity index is 1.73. The second kappa shape index (κ2) is 8.58. The zero-order valence-electron chi connectivity index (χ0n) is 18.1. The highest BCUT2D eigenvalue weighted by Gasteiger charge is 2.41. The molecule has 2 aromatic rings. The summed E-state index contributed by atoms with van der Waals surface area (Å²) in [5.41, 5.74) is 0.905. The van der Waals surface area contributed by atoms with Crippen LogP contribution in [0.2, 0.25) is 0 Å². The Bertz CT molecular complexity index is 1060. The lowest BCUT2D eigenvalue weighted by Crippen LogP contribution is -2.39. The van der Waals surface area contributed by atoms with Crippen LogP contribution in [0.4, 0.5) is 21.9 Å². The number of amides is 1. The normalized spacial score (nSPS) is 14.8. The van der Waals surface area contributed by atoms with Gasteiger partial charge in [0.05, 0.1) is 23.6 Å². The Hall–Kier alpha value is -3.07. The second-order valence-corrected chi connectivity index (χ2v) is 10.00. The number of fused-ring (bicyclic) bond motifs is 1. The number of ketones is 1. The highest BCUT2D eigenvalue weighted by molar-refractivity contribution is 7.95. The number of carbonyl (C=O) groups excluding carboxylic acids is 2. The molecule has 0 atom stereocenters. The summed E-state index contributed by atoms with van der Waals surface area (Å²) in [7, 11) is -2.42. The molecule has 0 N–H and O–H groups in total. The van der Waals surface area contributed by atoms with Crippen LogP contribution in [0.25, 0.3) is 0 Å². The van der Waals surface area contributed by atoms with Gasteiger partial charge >= 0.3 is 16.3 Å². The lowest BCUT2D eigenvalue weighted by atomic mass is 10.2. The van der Waals surface area contributed by atoms with Gasteiger partial charge in [0.1, 0.15) is 5.60 Å². The number of nitrogens with zero attached hydrogens (tertiary/aromatic N) is 3. The molecule has 9 heteroatoms. The average Bonchev–Trinajstić information content (AvgIpc) is 2.91. The van der Waals surface area contributed by atoms with Crippen molar-refractivity contribution in [3.63, 3.8) is 0 Å². The number of hydrogen-bond donors (Lipinski definition) is 0. The predicted octanol–water partition coefficient (Wildman–Crippen LogP) is 3.72. The van der Waals surface area contributed by atoms with Crippen molar-refractivity contribution in [2.24, 2.45) is 0 Å². The van der Waals surface area contributed by atoms with Gasteiger partial charge in [0, 0.05) is 20.0 Å². The van der Waals surface area contributed by atoms with E-state index in [1.54, 1.807) is 69.3 Å². The van der Waals surface area contributed by atoms with Crippen molar-refractivity contribution in [3.05, 3.63) is 54.6 Å². The van der Waals surface area contributed by atoms with E-state index in [0.717, 1.165) is 0 Å². The first kappa shape index (κ1) is 22.6. The molecule has 0 saturated carbocycles. The maximum Gasteiger partial charge on any atom is 0.410 e. The zero-order chi connectivity index (χ0) is 22.8. The quantitative estimate of drug-likeness (QED) is 0.676. The summed E-state index contributed by atoms with van der Waals surface area (Å²) in [4.78, 5) is 25.7.